The number of para-hydroxylation sites is 1. The van der Waals surface area contributed by atoms with Gasteiger partial charge in [0.1, 0.15) is 41.9 Å². The molecule has 4 unspecified atom stereocenters. The van der Waals surface area contributed by atoms with Crippen LogP contribution in [-0.2, 0) is 41.6 Å². The van der Waals surface area contributed by atoms with Gasteiger partial charge in [-0.15, -0.1) is 0 Å². The standard InChI is InChI=1S/C48H64F3N9O8/c1-11-35(55-43(62)27(5)67-46(65)52-9)44(63)58-22-29(50)18-31(58)21-34-33-14-12-13-15-36(33)53-40(34)41-54-37-20-28(49)16-17-38(37)60(41)24-32-19-30(51)23-59(32)45(64)39(25(2)3)56-42(61)26(4)57(10)47(66)68-48(6,7)8/h12-17,20,25-27,29-32,35,39,53H,11,18-19,21-24H2,1-10H3,(H,52,65)(H,55,62)(H,56,61)/t26?,27?,29-,30-,31-,32-,35?,39?/m0/s1. The number of H-pyrrole nitrogens is 1. The number of halogens is 3. The summed E-state index contributed by atoms with van der Waals surface area (Å²) in [7, 11) is 2.77. The maximum absolute atomic E-state index is 15.7. The Balaban J connectivity index is 1.32. The molecule has 2 saturated heterocycles. The molecule has 17 nitrogen and oxygen atoms in total. The van der Waals surface area contributed by atoms with Crippen molar-refractivity contribution in [2.24, 2.45) is 5.92 Å². The molecule has 4 heterocycles. The Morgan fingerprint density at radius 3 is 2.19 bits per heavy atom. The Bertz CT molecular complexity index is 2520. The van der Waals surface area contributed by atoms with Crippen LogP contribution in [0.5, 0.6) is 0 Å². The minimum atomic E-state index is -1.41. The molecule has 4 aromatic rings. The van der Waals surface area contributed by atoms with Crippen molar-refractivity contribution in [3.05, 3.63) is 53.8 Å². The van der Waals surface area contributed by atoms with Crippen LogP contribution < -0.4 is 16.0 Å². The Labute approximate surface area is 393 Å². The first-order valence-electron chi connectivity index (χ1n) is 23.1. The van der Waals surface area contributed by atoms with Crippen molar-refractivity contribution < 1.29 is 51.4 Å². The lowest BCUT2D eigenvalue weighted by molar-refractivity contribution is -0.139. The van der Waals surface area contributed by atoms with E-state index in [-0.39, 0.29) is 50.8 Å². The predicted octanol–water partition coefficient (Wildman–Crippen LogP) is 5.78. The third-order valence-corrected chi connectivity index (χ3v) is 12.6. The van der Waals surface area contributed by atoms with Crippen LogP contribution in [0.1, 0.15) is 80.2 Å². The van der Waals surface area contributed by atoms with Crippen LogP contribution in [0.3, 0.4) is 0 Å². The molecule has 2 aromatic heterocycles. The van der Waals surface area contributed by atoms with Gasteiger partial charge in [-0.2, -0.15) is 0 Å². The van der Waals surface area contributed by atoms with Crippen LogP contribution in [0.2, 0.25) is 0 Å². The molecular formula is C48H64F3N9O8. The Kier molecular flexibility index (Phi) is 15.7. The van der Waals surface area contributed by atoms with Gasteiger partial charge in [-0.1, -0.05) is 39.0 Å². The number of aromatic amines is 1. The second-order valence-corrected chi connectivity index (χ2v) is 19.1. The van der Waals surface area contributed by atoms with E-state index in [0.717, 1.165) is 10.3 Å². The van der Waals surface area contributed by atoms with Crippen molar-refractivity contribution in [3.8, 4) is 11.5 Å². The average Bonchev–Trinajstić information content (AvgIpc) is 4.05. The highest BCUT2D eigenvalue weighted by Gasteiger charge is 2.43. The zero-order valence-electron chi connectivity index (χ0n) is 40.3. The van der Waals surface area contributed by atoms with Gasteiger partial charge >= 0.3 is 12.2 Å². The summed E-state index contributed by atoms with van der Waals surface area (Å²) in [5.74, 6) is -2.98. The molecule has 0 saturated carbocycles. The van der Waals surface area contributed by atoms with E-state index >= 15 is 8.78 Å². The van der Waals surface area contributed by atoms with E-state index in [4.69, 9.17) is 14.5 Å². The highest BCUT2D eigenvalue weighted by atomic mass is 19.1. The number of alkyl carbamates (subject to hydrolysis) is 1. The van der Waals surface area contributed by atoms with E-state index in [1.807, 2.05) is 24.3 Å². The normalized spacial score (nSPS) is 20.3. The van der Waals surface area contributed by atoms with E-state index in [1.54, 1.807) is 52.2 Å². The Hall–Kier alpha value is -6.34. The van der Waals surface area contributed by atoms with Crippen molar-refractivity contribution in [1.29, 1.82) is 0 Å². The monoisotopic (exact) mass is 951 g/mol. The SMILES string of the molecule is CCC(NC(=O)C(C)OC(=O)NC)C(=O)N1C[C@@H](F)C[C@H]1Cc1c(-c2nc3cc(F)ccc3n2C[C@@H]2C[C@H](F)CN2C(=O)C(NC(=O)C(C)N(C)C(=O)OC(C)(C)C)C(C)C)[nH]c2ccccc12. The highest BCUT2D eigenvalue weighted by Crippen LogP contribution is 2.37. The van der Waals surface area contributed by atoms with Gasteiger partial charge in [0.2, 0.25) is 17.7 Å². The zero-order valence-corrected chi connectivity index (χ0v) is 40.3. The lowest BCUT2D eigenvalue weighted by Gasteiger charge is -2.33. The van der Waals surface area contributed by atoms with Crippen molar-refractivity contribution in [3.63, 3.8) is 0 Å². The number of likely N-dealkylation sites (N-methyl/N-ethyl adjacent to an activating group) is 1. The molecular weight excluding hydrogens is 888 g/mol. The van der Waals surface area contributed by atoms with Crippen LogP contribution in [-0.4, -0.2) is 146 Å². The third kappa shape index (κ3) is 11.3. The number of benzene rings is 2. The molecule has 370 valence electrons. The average molecular weight is 952 g/mol. The molecule has 6 rings (SSSR count). The first-order chi connectivity index (χ1) is 32.0. The topological polar surface area (TPSA) is 200 Å². The minimum Gasteiger partial charge on any atom is -0.444 e. The van der Waals surface area contributed by atoms with Crippen LogP contribution in [0.25, 0.3) is 33.5 Å². The summed E-state index contributed by atoms with van der Waals surface area (Å²) < 4.78 is 58.4. The maximum atomic E-state index is 15.7. The Morgan fingerprint density at radius 2 is 1.56 bits per heavy atom. The summed E-state index contributed by atoms with van der Waals surface area (Å²) in [6, 6.07) is 6.93. The van der Waals surface area contributed by atoms with E-state index < -0.39 is 102 Å². The summed E-state index contributed by atoms with van der Waals surface area (Å²) in [6.07, 6.45) is -5.28. The van der Waals surface area contributed by atoms with Crippen LogP contribution in [0.4, 0.5) is 22.8 Å². The summed E-state index contributed by atoms with van der Waals surface area (Å²) >= 11 is 0. The molecule has 0 radical (unpaired) electrons. The first kappa shape index (κ1) is 51.1. The molecule has 8 atom stereocenters. The van der Waals surface area contributed by atoms with Gasteiger partial charge in [0.05, 0.1) is 35.9 Å². The van der Waals surface area contributed by atoms with Gasteiger partial charge in [-0.05, 0) is 77.1 Å². The van der Waals surface area contributed by atoms with E-state index in [0.29, 0.717) is 28.1 Å². The number of aromatic nitrogens is 3. The molecule has 20 heteroatoms. The van der Waals surface area contributed by atoms with E-state index in [9.17, 15) is 33.2 Å². The Morgan fingerprint density at radius 1 is 0.912 bits per heavy atom. The number of carbonyl (C=O) groups is 6. The van der Waals surface area contributed by atoms with Crippen LogP contribution in [0, 0.1) is 11.7 Å². The van der Waals surface area contributed by atoms with Crippen molar-refractivity contribution in [2.75, 3.05) is 27.2 Å². The number of amides is 6. The van der Waals surface area contributed by atoms with Gasteiger partial charge in [-0.3, -0.25) is 24.1 Å². The lowest BCUT2D eigenvalue weighted by Crippen LogP contribution is -2.57. The van der Waals surface area contributed by atoms with Crippen molar-refractivity contribution in [2.45, 2.75) is 142 Å². The quantitative estimate of drug-likeness (QED) is 0.114. The third-order valence-electron chi connectivity index (χ3n) is 12.6. The summed E-state index contributed by atoms with van der Waals surface area (Å²) in [5, 5.41) is 8.48. The molecule has 68 heavy (non-hydrogen) atoms. The second kappa shape index (κ2) is 20.9. The molecule has 2 fully saturated rings. The van der Waals surface area contributed by atoms with Gasteiger partial charge < -0.3 is 44.8 Å². The fourth-order valence-electron chi connectivity index (χ4n) is 8.89. The largest absolute Gasteiger partial charge is 0.444 e. The number of likely N-dealkylation sites (tertiary alicyclic amines) is 2. The number of nitrogens with zero attached hydrogens (tertiary/aromatic N) is 5. The number of fused-ring (bicyclic) bond motifs is 2. The number of rotatable bonds is 15. The zero-order chi connectivity index (χ0) is 49.9. The predicted molar refractivity (Wildman–Crippen MR) is 248 cm³/mol. The molecule has 0 aliphatic carbocycles. The summed E-state index contributed by atoms with van der Waals surface area (Å²) in [6.45, 7) is 12.7. The summed E-state index contributed by atoms with van der Waals surface area (Å²) in [5.41, 5.74) is 1.83. The smallest absolute Gasteiger partial charge is 0.410 e. The summed E-state index contributed by atoms with van der Waals surface area (Å²) in [4.78, 5) is 92.2. The molecule has 0 bridgehead atoms. The number of hydrogen-bond donors (Lipinski definition) is 4. The van der Waals surface area contributed by atoms with Crippen molar-refractivity contribution in [1.82, 2.24) is 45.2 Å². The maximum Gasteiger partial charge on any atom is 0.410 e. The second-order valence-electron chi connectivity index (χ2n) is 19.1. The fraction of sp³-hybridized carbons (Fsp3) is 0.562. The number of alkyl halides is 2. The highest BCUT2D eigenvalue weighted by molar-refractivity contribution is 5.94. The minimum absolute atomic E-state index is 0.00641. The van der Waals surface area contributed by atoms with Gasteiger partial charge in [-0.25, -0.2) is 27.7 Å². The molecule has 0 spiro atoms. The number of ether oxygens (including phenoxy) is 2. The number of hydrogen-bond acceptors (Lipinski definition) is 9. The number of nitrogens with one attached hydrogen (secondary N) is 4. The van der Waals surface area contributed by atoms with Crippen molar-refractivity contribution >= 4 is 57.8 Å². The molecule has 6 amide bonds. The number of imidazole rings is 1. The molecule has 2 aliphatic rings. The molecule has 2 aliphatic heterocycles. The molecule has 4 N–H and O–H groups in total. The van der Waals surface area contributed by atoms with E-state index in [1.165, 1.54) is 49.9 Å². The van der Waals surface area contributed by atoms with Crippen LogP contribution in [0.15, 0.2) is 42.5 Å². The molecule has 2 aromatic carbocycles. The van der Waals surface area contributed by atoms with Gasteiger partial charge in [0.25, 0.3) is 5.91 Å². The van der Waals surface area contributed by atoms with Crippen LogP contribution >= 0.6 is 0 Å². The van der Waals surface area contributed by atoms with E-state index in [2.05, 4.69) is 20.9 Å². The fourth-order valence-corrected chi connectivity index (χ4v) is 8.89. The number of carbonyl (C=O) groups excluding carboxylic acids is 6. The lowest BCUT2D eigenvalue weighted by atomic mass is 9.99. The first-order valence-corrected chi connectivity index (χ1v) is 23.1. The van der Waals surface area contributed by atoms with Gasteiger partial charge in [0, 0.05) is 56.5 Å². The van der Waals surface area contributed by atoms with Gasteiger partial charge in [0.15, 0.2) is 11.9 Å².